The van der Waals surface area contributed by atoms with Crippen LogP contribution in [0.25, 0.3) is 0 Å². The smallest absolute Gasteiger partial charge is 0.103 e. The van der Waals surface area contributed by atoms with Crippen LogP contribution in [-0.4, -0.2) is 36.0 Å². The van der Waals surface area contributed by atoms with Gasteiger partial charge in [-0.3, -0.25) is 0 Å². The minimum atomic E-state index is -0.808. The summed E-state index contributed by atoms with van der Waals surface area (Å²) < 4.78 is 5.83. The number of hydrogen-bond acceptors (Lipinski definition) is 3. The Morgan fingerprint density at radius 2 is 1.83 bits per heavy atom. The van der Waals surface area contributed by atoms with Gasteiger partial charge in [0.1, 0.15) is 6.10 Å². The molecule has 2 atom stereocenters. The molecule has 0 aliphatic carbocycles. The lowest BCUT2D eigenvalue weighted by Gasteiger charge is -2.42. The Morgan fingerprint density at radius 1 is 1.22 bits per heavy atom. The lowest BCUT2D eigenvalue weighted by Crippen LogP contribution is -2.54. The summed E-state index contributed by atoms with van der Waals surface area (Å²) in [5.41, 5.74) is 1.65. The first-order chi connectivity index (χ1) is 8.36. The molecule has 0 spiro atoms. The molecular weight excluding hydrogens is 226 g/mol. The van der Waals surface area contributed by atoms with Gasteiger partial charge in [0.15, 0.2) is 0 Å². The van der Waals surface area contributed by atoms with Crippen LogP contribution >= 0.6 is 0 Å². The zero-order valence-electron chi connectivity index (χ0n) is 11.7. The molecule has 1 aromatic rings. The molecule has 1 heterocycles. The second kappa shape index (κ2) is 4.90. The molecule has 0 aromatic heterocycles. The predicted molar refractivity (Wildman–Crippen MR) is 74.0 cm³/mol. The number of nitrogens with zero attached hydrogens (tertiary/aromatic N) is 1. The highest BCUT2D eigenvalue weighted by Crippen LogP contribution is 2.25. The standard InChI is InChI=1S/C15H23NO2/c1-11-5-7-13(8-6-11)16-9-12(2)18-14(10-16)15(3,4)17/h5-8,12,14,17H,9-10H2,1-4H3/t12-,14?/m0/s1. The van der Waals surface area contributed by atoms with Gasteiger partial charge in [-0.15, -0.1) is 0 Å². The summed E-state index contributed by atoms with van der Waals surface area (Å²) >= 11 is 0. The van der Waals surface area contributed by atoms with Crippen LogP contribution in [0.2, 0.25) is 0 Å². The Hall–Kier alpha value is -1.06. The molecule has 1 aliphatic rings. The Balaban J connectivity index is 2.16. The molecule has 1 aromatic carbocycles. The number of hydrogen-bond donors (Lipinski definition) is 1. The molecule has 0 saturated carbocycles. The number of benzene rings is 1. The molecule has 2 rings (SSSR count). The molecule has 0 amide bonds. The van der Waals surface area contributed by atoms with Crippen LogP contribution in [0.4, 0.5) is 5.69 Å². The minimum absolute atomic E-state index is 0.136. The summed E-state index contributed by atoms with van der Waals surface area (Å²) in [6, 6.07) is 8.51. The first-order valence-electron chi connectivity index (χ1n) is 6.55. The van der Waals surface area contributed by atoms with E-state index in [1.807, 2.05) is 13.8 Å². The van der Waals surface area contributed by atoms with Crippen molar-refractivity contribution in [3.63, 3.8) is 0 Å². The second-order valence-corrected chi connectivity index (χ2v) is 5.83. The number of aryl methyl sites for hydroxylation is 1. The van der Waals surface area contributed by atoms with Gasteiger partial charge in [0.25, 0.3) is 0 Å². The quantitative estimate of drug-likeness (QED) is 0.873. The second-order valence-electron chi connectivity index (χ2n) is 5.83. The number of rotatable bonds is 2. The van der Waals surface area contributed by atoms with E-state index in [0.29, 0.717) is 0 Å². The molecule has 0 radical (unpaired) electrons. The highest BCUT2D eigenvalue weighted by molar-refractivity contribution is 5.48. The summed E-state index contributed by atoms with van der Waals surface area (Å²) in [5, 5.41) is 10.1. The van der Waals surface area contributed by atoms with E-state index in [-0.39, 0.29) is 12.2 Å². The lowest BCUT2D eigenvalue weighted by molar-refractivity contribution is -0.120. The van der Waals surface area contributed by atoms with E-state index in [9.17, 15) is 5.11 Å². The van der Waals surface area contributed by atoms with E-state index in [1.54, 1.807) is 0 Å². The van der Waals surface area contributed by atoms with Gasteiger partial charge in [-0.1, -0.05) is 17.7 Å². The van der Waals surface area contributed by atoms with Crippen molar-refractivity contribution in [2.75, 3.05) is 18.0 Å². The average molecular weight is 249 g/mol. The van der Waals surface area contributed by atoms with Gasteiger partial charge in [0.05, 0.1) is 11.7 Å². The molecule has 1 fully saturated rings. The highest BCUT2D eigenvalue weighted by atomic mass is 16.5. The van der Waals surface area contributed by atoms with Crippen molar-refractivity contribution in [3.05, 3.63) is 29.8 Å². The Kier molecular flexibility index (Phi) is 3.64. The van der Waals surface area contributed by atoms with Crippen molar-refractivity contribution in [1.29, 1.82) is 0 Å². The predicted octanol–water partition coefficient (Wildman–Crippen LogP) is 2.36. The maximum atomic E-state index is 10.1. The maximum absolute atomic E-state index is 10.1. The van der Waals surface area contributed by atoms with Crippen molar-refractivity contribution in [2.45, 2.75) is 45.5 Å². The first-order valence-corrected chi connectivity index (χ1v) is 6.55. The largest absolute Gasteiger partial charge is 0.388 e. The molecule has 100 valence electrons. The van der Waals surface area contributed by atoms with Crippen molar-refractivity contribution in [2.24, 2.45) is 0 Å². The van der Waals surface area contributed by atoms with E-state index in [4.69, 9.17) is 4.74 Å². The normalized spacial score (nSPS) is 25.3. The van der Waals surface area contributed by atoms with Crippen molar-refractivity contribution >= 4 is 5.69 Å². The van der Waals surface area contributed by atoms with Gasteiger partial charge in [0, 0.05) is 18.8 Å². The summed E-state index contributed by atoms with van der Waals surface area (Å²) in [7, 11) is 0. The van der Waals surface area contributed by atoms with E-state index < -0.39 is 5.60 Å². The monoisotopic (exact) mass is 249 g/mol. The van der Waals surface area contributed by atoms with Crippen molar-refractivity contribution < 1.29 is 9.84 Å². The van der Waals surface area contributed by atoms with E-state index in [0.717, 1.165) is 13.1 Å². The molecule has 3 heteroatoms. The van der Waals surface area contributed by atoms with E-state index >= 15 is 0 Å². The summed E-state index contributed by atoms with van der Waals surface area (Å²) in [6.45, 7) is 9.36. The molecule has 1 N–H and O–H groups in total. The Morgan fingerprint density at radius 3 is 2.39 bits per heavy atom. The molecule has 0 bridgehead atoms. The zero-order chi connectivity index (χ0) is 13.3. The zero-order valence-corrected chi connectivity index (χ0v) is 11.7. The maximum Gasteiger partial charge on any atom is 0.103 e. The van der Waals surface area contributed by atoms with Crippen molar-refractivity contribution in [3.8, 4) is 0 Å². The molecular formula is C15H23NO2. The van der Waals surface area contributed by atoms with E-state index in [1.165, 1.54) is 11.3 Å². The van der Waals surface area contributed by atoms with Gasteiger partial charge in [-0.2, -0.15) is 0 Å². The fourth-order valence-corrected chi connectivity index (χ4v) is 2.31. The van der Waals surface area contributed by atoms with Crippen molar-refractivity contribution in [1.82, 2.24) is 0 Å². The number of morpholine rings is 1. The molecule has 3 nitrogen and oxygen atoms in total. The van der Waals surface area contributed by atoms with Gasteiger partial charge >= 0.3 is 0 Å². The molecule has 1 aliphatic heterocycles. The topological polar surface area (TPSA) is 32.7 Å². The summed E-state index contributed by atoms with van der Waals surface area (Å²) in [4.78, 5) is 2.29. The van der Waals surface area contributed by atoms with Gasteiger partial charge < -0.3 is 14.7 Å². The number of aliphatic hydroxyl groups is 1. The van der Waals surface area contributed by atoms with Gasteiger partial charge in [-0.25, -0.2) is 0 Å². The van der Waals surface area contributed by atoms with Crippen LogP contribution in [0.15, 0.2) is 24.3 Å². The molecule has 18 heavy (non-hydrogen) atoms. The van der Waals surface area contributed by atoms with Crippen LogP contribution in [0.1, 0.15) is 26.3 Å². The van der Waals surface area contributed by atoms with E-state index in [2.05, 4.69) is 43.0 Å². The third-order valence-electron chi connectivity index (χ3n) is 3.45. The highest BCUT2D eigenvalue weighted by Gasteiger charge is 2.35. The average Bonchev–Trinajstić information content (AvgIpc) is 2.28. The summed E-state index contributed by atoms with van der Waals surface area (Å²) in [6.07, 6.45) is -0.0148. The van der Waals surface area contributed by atoms with Crippen LogP contribution in [0, 0.1) is 6.92 Å². The number of ether oxygens (including phenoxy) is 1. The number of anilines is 1. The lowest BCUT2D eigenvalue weighted by atomic mass is 9.99. The van der Waals surface area contributed by atoms with Crippen LogP contribution in [0.3, 0.4) is 0 Å². The first kappa shape index (κ1) is 13.4. The summed E-state index contributed by atoms with van der Waals surface area (Å²) in [5.74, 6) is 0. The van der Waals surface area contributed by atoms with Crippen LogP contribution in [0.5, 0.6) is 0 Å². The third kappa shape index (κ3) is 3.03. The molecule has 1 unspecified atom stereocenters. The fraction of sp³-hybridized carbons (Fsp3) is 0.600. The van der Waals surface area contributed by atoms with Gasteiger partial charge in [0.2, 0.25) is 0 Å². The fourth-order valence-electron chi connectivity index (χ4n) is 2.31. The van der Waals surface area contributed by atoms with Crippen LogP contribution < -0.4 is 4.90 Å². The SMILES string of the molecule is Cc1ccc(N2CC(C(C)(C)O)O[C@@H](C)C2)cc1. The Labute approximate surface area is 109 Å². The minimum Gasteiger partial charge on any atom is -0.388 e. The third-order valence-corrected chi connectivity index (χ3v) is 3.45. The van der Waals surface area contributed by atoms with Gasteiger partial charge in [-0.05, 0) is 39.8 Å². The van der Waals surface area contributed by atoms with Crippen LogP contribution in [-0.2, 0) is 4.74 Å². The Bertz CT molecular complexity index is 394. The molecule has 1 saturated heterocycles.